The fraction of sp³-hybridized carbons (Fsp3) is 0.438. The van der Waals surface area contributed by atoms with Crippen molar-refractivity contribution in [1.29, 1.82) is 0 Å². The van der Waals surface area contributed by atoms with Gasteiger partial charge >= 0.3 is 5.97 Å². The molecule has 1 aromatic carbocycles. The van der Waals surface area contributed by atoms with E-state index in [-0.39, 0.29) is 11.8 Å². The predicted octanol–water partition coefficient (Wildman–Crippen LogP) is 1.58. The lowest BCUT2D eigenvalue weighted by Gasteiger charge is -2.18. The number of benzene rings is 1. The van der Waals surface area contributed by atoms with Crippen molar-refractivity contribution in [3.63, 3.8) is 0 Å². The molecule has 0 bridgehead atoms. The fourth-order valence-electron chi connectivity index (χ4n) is 2.85. The molecule has 2 unspecified atom stereocenters. The first-order valence-electron chi connectivity index (χ1n) is 7.50. The van der Waals surface area contributed by atoms with Crippen LogP contribution < -0.4 is 5.32 Å². The van der Waals surface area contributed by atoms with Crippen molar-refractivity contribution >= 4 is 23.5 Å². The van der Waals surface area contributed by atoms with Crippen LogP contribution in [0, 0.1) is 11.8 Å². The first-order chi connectivity index (χ1) is 10.6. The van der Waals surface area contributed by atoms with Crippen LogP contribution in [0.1, 0.15) is 29.6 Å². The Morgan fingerprint density at radius 1 is 1.09 bits per heavy atom. The number of para-hydroxylation sites is 1. The van der Waals surface area contributed by atoms with Crippen LogP contribution in [0.25, 0.3) is 0 Å². The van der Waals surface area contributed by atoms with Crippen molar-refractivity contribution in [2.75, 3.05) is 18.4 Å². The number of anilines is 1. The van der Waals surface area contributed by atoms with Crippen LogP contribution in [-0.2, 0) is 9.59 Å². The average molecular weight is 302 g/mol. The summed E-state index contributed by atoms with van der Waals surface area (Å²) in [6.07, 6.45) is 2.37. The Hall–Kier alpha value is -2.37. The summed E-state index contributed by atoms with van der Waals surface area (Å²) in [6, 6.07) is 6.88. The minimum Gasteiger partial charge on any atom is -0.481 e. The molecule has 2 N–H and O–H groups in total. The molecule has 0 radical (unpaired) electrons. The van der Waals surface area contributed by atoms with Crippen molar-refractivity contribution in [3.8, 4) is 0 Å². The molecule has 2 aliphatic rings. The van der Waals surface area contributed by atoms with E-state index >= 15 is 0 Å². The number of carboxylic acids is 1. The van der Waals surface area contributed by atoms with Gasteiger partial charge in [-0.2, -0.15) is 0 Å². The Bertz CT molecular complexity index is 622. The highest BCUT2D eigenvalue weighted by Gasteiger charge is 2.48. The molecule has 2 amide bonds. The number of aliphatic carboxylic acids is 1. The molecular weight excluding hydrogens is 284 g/mol. The topological polar surface area (TPSA) is 86.7 Å². The van der Waals surface area contributed by atoms with Gasteiger partial charge in [-0.25, -0.2) is 0 Å². The molecule has 1 aliphatic heterocycles. The molecular formula is C16H18N2O4. The number of carboxylic acid groups (broad SMARTS) is 1. The number of likely N-dealkylation sites (tertiary alicyclic amines) is 1. The molecule has 3 rings (SSSR count). The number of carbonyl (C=O) groups is 3. The summed E-state index contributed by atoms with van der Waals surface area (Å²) in [4.78, 5) is 37.2. The lowest BCUT2D eigenvalue weighted by atomic mass is 10.1. The normalized spacial score (nSPS) is 23.2. The summed E-state index contributed by atoms with van der Waals surface area (Å²) < 4.78 is 0. The lowest BCUT2D eigenvalue weighted by Crippen LogP contribution is -2.29. The number of amides is 2. The molecule has 0 aromatic heterocycles. The largest absolute Gasteiger partial charge is 0.481 e. The SMILES string of the molecule is O=C(O)C1CC1C(=O)Nc1ccccc1C(=O)N1CCCC1. The molecule has 0 spiro atoms. The van der Waals surface area contributed by atoms with Crippen molar-refractivity contribution in [2.45, 2.75) is 19.3 Å². The van der Waals surface area contributed by atoms with Gasteiger partial charge < -0.3 is 15.3 Å². The zero-order chi connectivity index (χ0) is 15.7. The summed E-state index contributed by atoms with van der Waals surface area (Å²) in [5, 5.41) is 11.6. The van der Waals surface area contributed by atoms with Crippen LogP contribution in [0.4, 0.5) is 5.69 Å². The maximum Gasteiger partial charge on any atom is 0.307 e. The van der Waals surface area contributed by atoms with Gasteiger partial charge in [0.15, 0.2) is 0 Å². The third kappa shape index (κ3) is 2.81. The lowest BCUT2D eigenvalue weighted by molar-refractivity contribution is -0.139. The van der Waals surface area contributed by atoms with Gasteiger partial charge in [0.25, 0.3) is 5.91 Å². The standard InChI is InChI=1S/C16H18N2O4/c19-14(11-9-12(11)16(21)22)17-13-6-2-1-5-10(13)15(20)18-7-3-4-8-18/h1-2,5-6,11-12H,3-4,7-9H2,(H,17,19)(H,21,22). The van der Waals surface area contributed by atoms with Gasteiger partial charge in [-0.15, -0.1) is 0 Å². The summed E-state index contributed by atoms with van der Waals surface area (Å²) in [7, 11) is 0. The molecule has 1 saturated heterocycles. The minimum absolute atomic E-state index is 0.0843. The second kappa shape index (κ2) is 5.79. The van der Waals surface area contributed by atoms with Gasteiger partial charge in [0, 0.05) is 13.1 Å². The van der Waals surface area contributed by atoms with E-state index in [1.807, 2.05) is 0 Å². The molecule has 6 nitrogen and oxygen atoms in total. The van der Waals surface area contributed by atoms with Gasteiger partial charge in [0.2, 0.25) is 5.91 Å². The van der Waals surface area contributed by atoms with Gasteiger partial charge in [0.1, 0.15) is 0 Å². The molecule has 1 aliphatic carbocycles. The molecule has 1 aromatic rings. The van der Waals surface area contributed by atoms with Gasteiger partial charge in [-0.3, -0.25) is 14.4 Å². The quantitative estimate of drug-likeness (QED) is 0.884. The Labute approximate surface area is 128 Å². The van der Waals surface area contributed by atoms with Crippen LogP contribution in [-0.4, -0.2) is 40.9 Å². The molecule has 2 atom stereocenters. The van der Waals surface area contributed by atoms with E-state index in [1.54, 1.807) is 29.2 Å². The van der Waals surface area contributed by atoms with Crippen molar-refractivity contribution in [2.24, 2.45) is 11.8 Å². The third-order valence-corrected chi connectivity index (χ3v) is 4.25. The maximum absolute atomic E-state index is 12.5. The number of rotatable bonds is 4. The van der Waals surface area contributed by atoms with E-state index in [0.717, 1.165) is 25.9 Å². The number of nitrogens with zero attached hydrogens (tertiary/aromatic N) is 1. The molecule has 1 saturated carbocycles. The highest BCUT2D eigenvalue weighted by molar-refractivity contribution is 6.05. The Kier molecular flexibility index (Phi) is 3.83. The van der Waals surface area contributed by atoms with Gasteiger partial charge in [0.05, 0.1) is 23.1 Å². The van der Waals surface area contributed by atoms with E-state index in [1.165, 1.54) is 0 Å². The fourth-order valence-corrected chi connectivity index (χ4v) is 2.85. The predicted molar refractivity (Wildman–Crippen MR) is 79.4 cm³/mol. The number of hydrogen-bond acceptors (Lipinski definition) is 3. The van der Waals surface area contributed by atoms with Crippen LogP contribution in [0.3, 0.4) is 0 Å². The average Bonchev–Trinajstić information content (AvgIpc) is 3.14. The zero-order valence-electron chi connectivity index (χ0n) is 12.1. The first kappa shape index (κ1) is 14.6. The van der Waals surface area contributed by atoms with E-state index < -0.39 is 17.8 Å². The zero-order valence-corrected chi connectivity index (χ0v) is 12.1. The van der Waals surface area contributed by atoms with Crippen LogP contribution in [0.2, 0.25) is 0 Å². The summed E-state index contributed by atoms with van der Waals surface area (Å²) in [6.45, 7) is 1.48. The summed E-state index contributed by atoms with van der Waals surface area (Å²) in [5.74, 6) is -2.44. The van der Waals surface area contributed by atoms with Crippen LogP contribution in [0.15, 0.2) is 24.3 Å². The van der Waals surface area contributed by atoms with Crippen molar-refractivity contribution < 1.29 is 19.5 Å². The number of hydrogen-bond donors (Lipinski definition) is 2. The second-order valence-corrected chi connectivity index (χ2v) is 5.82. The van der Waals surface area contributed by atoms with E-state index in [9.17, 15) is 14.4 Å². The molecule has 116 valence electrons. The second-order valence-electron chi connectivity index (χ2n) is 5.82. The van der Waals surface area contributed by atoms with Crippen LogP contribution >= 0.6 is 0 Å². The van der Waals surface area contributed by atoms with E-state index in [4.69, 9.17) is 5.11 Å². The van der Waals surface area contributed by atoms with E-state index in [0.29, 0.717) is 17.7 Å². The number of nitrogens with one attached hydrogen (secondary N) is 1. The minimum atomic E-state index is -0.943. The molecule has 6 heteroatoms. The smallest absolute Gasteiger partial charge is 0.307 e. The molecule has 22 heavy (non-hydrogen) atoms. The molecule has 2 fully saturated rings. The molecule has 1 heterocycles. The number of carbonyl (C=O) groups excluding carboxylic acids is 2. The van der Waals surface area contributed by atoms with Crippen LogP contribution in [0.5, 0.6) is 0 Å². The van der Waals surface area contributed by atoms with Crippen molar-refractivity contribution in [1.82, 2.24) is 4.90 Å². The van der Waals surface area contributed by atoms with Gasteiger partial charge in [-0.05, 0) is 31.4 Å². The summed E-state index contributed by atoms with van der Waals surface area (Å²) >= 11 is 0. The van der Waals surface area contributed by atoms with Gasteiger partial charge in [-0.1, -0.05) is 12.1 Å². The van der Waals surface area contributed by atoms with E-state index in [2.05, 4.69) is 5.32 Å². The maximum atomic E-state index is 12.5. The Balaban J connectivity index is 1.73. The highest BCUT2D eigenvalue weighted by atomic mass is 16.4. The highest BCUT2D eigenvalue weighted by Crippen LogP contribution is 2.39. The Morgan fingerprint density at radius 2 is 1.77 bits per heavy atom. The third-order valence-electron chi connectivity index (χ3n) is 4.25. The summed E-state index contributed by atoms with van der Waals surface area (Å²) in [5.41, 5.74) is 0.922. The monoisotopic (exact) mass is 302 g/mol. The van der Waals surface area contributed by atoms with Crippen molar-refractivity contribution in [3.05, 3.63) is 29.8 Å². The Morgan fingerprint density at radius 3 is 2.41 bits per heavy atom. The first-order valence-corrected chi connectivity index (χ1v) is 7.50.